The smallest absolute Gasteiger partial charge is 0.0297 e. The first-order valence-corrected chi connectivity index (χ1v) is 8.04. The number of rotatable bonds is 12. The lowest BCUT2D eigenvalue weighted by Gasteiger charge is -2.29. The molecule has 0 heterocycles. The molecule has 0 N–H and O–H groups in total. The molecule has 0 saturated carbocycles. The monoisotopic (exact) mass is 239 g/mol. The standard InChI is InChI=1S/C17H35/c1-5-8-10-12-15-17(4,14-7-3)16-13-11-9-6-2/h4-16H2,1-3H3. The Morgan fingerprint density at radius 2 is 1.06 bits per heavy atom. The maximum atomic E-state index is 4.55. The van der Waals surface area contributed by atoms with Gasteiger partial charge < -0.3 is 0 Å². The van der Waals surface area contributed by atoms with Gasteiger partial charge in [0.15, 0.2) is 0 Å². The molecule has 0 amide bonds. The zero-order chi connectivity index (χ0) is 13.0. The fourth-order valence-corrected chi connectivity index (χ4v) is 2.76. The normalized spacial score (nSPS) is 12.0. The van der Waals surface area contributed by atoms with Crippen molar-refractivity contribution in [2.45, 2.75) is 97.8 Å². The van der Waals surface area contributed by atoms with Crippen LogP contribution in [0.4, 0.5) is 0 Å². The van der Waals surface area contributed by atoms with Gasteiger partial charge in [0.25, 0.3) is 0 Å². The van der Waals surface area contributed by atoms with Crippen LogP contribution in [0.15, 0.2) is 0 Å². The minimum absolute atomic E-state index is 0.399. The van der Waals surface area contributed by atoms with Crippen molar-refractivity contribution in [1.29, 1.82) is 0 Å². The Morgan fingerprint density at radius 3 is 1.41 bits per heavy atom. The van der Waals surface area contributed by atoms with Gasteiger partial charge in [-0.25, -0.2) is 0 Å². The zero-order valence-electron chi connectivity index (χ0n) is 12.7. The fourth-order valence-electron chi connectivity index (χ4n) is 2.76. The molecular formula is C17H35. The van der Waals surface area contributed by atoms with E-state index in [2.05, 4.69) is 27.7 Å². The van der Waals surface area contributed by atoms with Gasteiger partial charge in [0.2, 0.25) is 0 Å². The topological polar surface area (TPSA) is 0 Å². The first-order valence-electron chi connectivity index (χ1n) is 8.04. The van der Waals surface area contributed by atoms with Gasteiger partial charge in [-0.15, -0.1) is 0 Å². The van der Waals surface area contributed by atoms with Crippen molar-refractivity contribution in [2.75, 3.05) is 0 Å². The van der Waals surface area contributed by atoms with Crippen LogP contribution in [0.5, 0.6) is 0 Å². The average molecular weight is 239 g/mol. The van der Waals surface area contributed by atoms with Gasteiger partial charge in [-0.1, -0.05) is 78.6 Å². The molecule has 17 heavy (non-hydrogen) atoms. The van der Waals surface area contributed by atoms with E-state index < -0.39 is 0 Å². The minimum Gasteiger partial charge on any atom is -0.0654 e. The largest absolute Gasteiger partial charge is 0.0654 e. The second-order valence-electron chi connectivity index (χ2n) is 5.87. The summed E-state index contributed by atoms with van der Waals surface area (Å²) in [4.78, 5) is 0. The lowest BCUT2D eigenvalue weighted by Crippen LogP contribution is -2.16. The zero-order valence-corrected chi connectivity index (χ0v) is 12.7. The Hall–Kier alpha value is 0. The molecule has 0 saturated heterocycles. The van der Waals surface area contributed by atoms with Crippen LogP contribution in [-0.4, -0.2) is 0 Å². The van der Waals surface area contributed by atoms with Gasteiger partial charge in [0, 0.05) is 0 Å². The molecule has 0 unspecified atom stereocenters. The Morgan fingerprint density at radius 1 is 0.588 bits per heavy atom. The van der Waals surface area contributed by atoms with Crippen LogP contribution in [0.1, 0.15) is 97.8 Å². The molecule has 0 aromatic heterocycles. The molecule has 103 valence electrons. The third kappa shape index (κ3) is 9.68. The van der Waals surface area contributed by atoms with Gasteiger partial charge >= 0.3 is 0 Å². The van der Waals surface area contributed by atoms with E-state index in [1.807, 2.05) is 0 Å². The molecule has 0 fully saturated rings. The van der Waals surface area contributed by atoms with Crippen LogP contribution in [0.2, 0.25) is 0 Å². The Kier molecular flexibility index (Phi) is 11.1. The number of hydrogen-bond acceptors (Lipinski definition) is 0. The van der Waals surface area contributed by atoms with Gasteiger partial charge in [-0.3, -0.25) is 0 Å². The van der Waals surface area contributed by atoms with E-state index in [0.29, 0.717) is 5.41 Å². The van der Waals surface area contributed by atoms with E-state index in [9.17, 15) is 0 Å². The maximum Gasteiger partial charge on any atom is -0.0297 e. The van der Waals surface area contributed by atoms with Crippen molar-refractivity contribution < 1.29 is 0 Å². The summed E-state index contributed by atoms with van der Waals surface area (Å²) in [5.41, 5.74) is 0.399. The van der Waals surface area contributed by atoms with E-state index >= 15 is 0 Å². The highest BCUT2D eigenvalue weighted by Crippen LogP contribution is 2.35. The minimum atomic E-state index is 0.399. The molecule has 0 aliphatic heterocycles. The fraction of sp³-hybridized carbons (Fsp3) is 0.941. The molecule has 0 aromatic rings. The van der Waals surface area contributed by atoms with Crippen LogP contribution >= 0.6 is 0 Å². The van der Waals surface area contributed by atoms with Crippen molar-refractivity contribution in [3.8, 4) is 0 Å². The third-order valence-corrected chi connectivity index (χ3v) is 3.90. The summed E-state index contributed by atoms with van der Waals surface area (Å²) >= 11 is 0. The predicted molar refractivity (Wildman–Crippen MR) is 80.2 cm³/mol. The van der Waals surface area contributed by atoms with Crippen molar-refractivity contribution in [1.82, 2.24) is 0 Å². The third-order valence-electron chi connectivity index (χ3n) is 3.90. The Bertz CT molecular complexity index is 136. The summed E-state index contributed by atoms with van der Waals surface area (Å²) < 4.78 is 0. The lowest BCUT2D eigenvalue weighted by atomic mass is 9.76. The van der Waals surface area contributed by atoms with E-state index in [4.69, 9.17) is 0 Å². The first-order chi connectivity index (χ1) is 8.18. The number of hydrogen-bond donors (Lipinski definition) is 0. The second kappa shape index (κ2) is 11.1. The van der Waals surface area contributed by atoms with Crippen molar-refractivity contribution in [2.24, 2.45) is 5.41 Å². The van der Waals surface area contributed by atoms with Crippen molar-refractivity contribution in [3.63, 3.8) is 0 Å². The maximum absolute atomic E-state index is 4.55. The highest BCUT2D eigenvalue weighted by atomic mass is 14.3. The van der Waals surface area contributed by atoms with E-state index in [1.165, 1.54) is 77.0 Å². The molecule has 0 bridgehead atoms. The van der Waals surface area contributed by atoms with Crippen LogP contribution in [0.3, 0.4) is 0 Å². The summed E-state index contributed by atoms with van der Waals surface area (Å²) in [6.45, 7) is 11.4. The molecule has 0 nitrogen and oxygen atoms in total. The van der Waals surface area contributed by atoms with Gasteiger partial charge in [0.05, 0.1) is 0 Å². The molecule has 0 rings (SSSR count). The first kappa shape index (κ1) is 17.0. The summed E-state index contributed by atoms with van der Waals surface area (Å²) in [5.74, 6) is 0. The highest BCUT2D eigenvalue weighted by Gasteiger charge is 2.21. The van der Waals surface area contributed by atoms with E-state index in [0.717, 1.165) is 0 Å². The molecule has 0 aliphatic rings. The quantitative estimate of drug-likeness (QED) is 0.339. The SMILES string of the molecule is [CH2]C(CCC)(CCCCCC)CCCCCC. The molecule has 0 aromatic carbocycles. The molecule has 0 heteroatoms. The van der Waals surface area contributed by atoms with Gasteiger partial charge in [0.1, 0.15) is 0 Å². The van der Waals surface area contributed by atoms with Gasteiger partial charge in [-0.05, 0) is 31.6 Å². The van der Waals surface area contributed by atoms with E-state index in [-0.39, 0.29) is 0 Å². The molecule has 0 spiro atoms. The van der Waals surface area contributed by atoms with Crippen LogP contribution < -0.4 is 0 Å². The summed E-state index contributed by atoms with van der Waals surface area (Å²) in [6.07, 6.45) is 16.4. The number of unbranched alkanes of at least 4 members (excludes halogenated alkanes) is 6. The summed E-state index contributed by atoms with van der Waals surface area (Å²) in [5, 5.41) is 0. The van der Waals surface area contributed by atoms with Crippen molar-refractivity contribution in [3.05, 3.63) is 6.92 Å². The molecule has 0 atom stereocenters. The van der Waals surface area contributed by atoms with Crippen molar-refractivity contribution >= 4 is 0 Å². The van der Waals surface area contributed by atoms with E-state index in [1.54, 1.807) is 0 Å². The summed E-state index contributed by atoms with van der Waals surface area (Å²) in [7, 11) is 0. The lowest BCUT2D eigenvalue weighted by molar-refractivity contribution is 0.268. The van der Waals surface area contributed by atoms with Gasteiger partial charge in [-0.2, -0.15) is 0 Å². The Labute approximate surface area is 111 Å². The van der Waals surface area contributed by atoms with Crippen LogP contribution in [0, 0.1) is 12.3 Å². The average Bonchev–Trinajstić information content (AvgIpc) is 2.31. The molecule has 1 radical (unpaired) electrons. The van der Waals surface area contributed by atoms with Crippen LogP contribution in [0.25, 0.3) is 0 Å². The molecule has 0 aliphatic carbocycles. The molecular weight excluding hydrogens is 204 g/mol. The predicted octanol–water partition coefficient (Wildman–Crippen LogP) is 6.55. The summed E-state index contributed by atoms with van der Waals surface area (Å²) in [6, 6.07) is 0. The second-order valence-corrected chi connectivity index (χ2v) is 5.87. The van der Waals surface area contributed by atoms with Crippen LogP contribution in [-0.2, 0) is 0 Å². The highest BCUT2D eigenvalue weighted by molar-refractivity contribution is 4.81. The Balaban J connectivity index is 3.80.